The van der Waals surface area contributed by atoms with Gasteiger partial charge >= 0.3 is 11.9 Å². The first-order valence-corrected chi connectivity index (χ1v) is 5.80. The zero-order valence-corrected chi connectivity index (χ0v) is 10.1. The van der Waals surface area contributed by atoms with Crippen LogP contribution >= 0.6 is 0 Å². The van der Waals surface area contributed by atoms with Crippen molar-refractivity contribution in [1.29, 1.82) is 0 Å². The van der Waals surface area contributed by atoms with E-state index in [0.717, 1.165) is 5.56 Å². The quantitative estimate of drug-likeness (QED) is 0.536. The molecule has 0 radical (unpaired) electrons. The molecule has 0 aliphatic rings. The minimum absolute atomic E-state index is 0.103. The molecule has 0 saturated carbocycles. The third kappa shape index (κ3) is 6.65. The van der Waals surface area contributed by atoms with Gasteiger partial charge in [-0.05, 0) is 18.5 Å². The Bertz CT molecular complexity index is 378. The number of carboxylic acids is 1. The first kappa shape index (κ1) is 14.2. The van der Waals surface area contributed by atoms with E-state index in [1.165, 1.54) is 0 Å². The molecule has 0 fully saturated rings. The van der Waals surface area contributed by atoms with Crippen LogP contribution in [0.15, 0.2) is 30.3 Å². The van der Waals surface area contributed by atoms with Crippen LogP contribution in [0, 0.1) is 0 Å². The van der Waals surface area contributed by atoms with Crippen LogP contribution in [0.2, 0.25) is 0 Å². The SMILES string of the molecule is O=C(O)CCCNCC(=O)OCc1ccccc1. The molecule has 0 aliphatic carbocycles. The summed E-state index contributed by atoms with van der Waals surface area (Å²) < 4.78 is 5.04. The van der Waals surface area contributed by atoms with Gasteiger partial charge in [0.05, 0.1) is 6.54 Å². The van der Waals surface area contributed by atoms with E-state index in [4.69, 9.17) is 9.84 Å². The summed E-state index contributed by atoms with van der Waals surface area (Å²) in [5.74, 6) is -1.17. The summed E-state index contributed by atoms with van der Waals surface area (Å²) in [5, 5.41) is 11.3. The Kier molecular flexibility index (Phi) is 6.50. The monoisotopic (exact) mass is 251 g/mol. The number of hydrogen-bond acceptors (Lipinski definition) is 4. The maximum atomic E-state index is 11.3. The molecule has 0 unspecified atom stereocenters. The van der Waals surface area contributed by atoms with E-state index in [0.29, 0.717) is 13.0 Å². The molecular formula is C13H17NO4. The van der Waals surface area contributed by atoms with Gasteiger partial charge in [0.2, 0.25) is 0 Å². The van der Waals surface area contributed by atoms with Gasteiger partial charge in [-0.1, -0.05) is 30.3 Å². The van der Waals surface area contributed by atoms with Gasteiger partial charge < -0.3 is 15.2 Å². The maximum absolute atomic E-state index is 11.3. The van der Waals surface area contributed by atoms with E-state index in [-0.39, 0.29) is 25.5 Å². The molecule has 1 aromatic rings. The Morgan fingerprint density at radius 1 is 1.22 bits per heavy atom. The fourth-order valence-corrected chi connectivity index (χ4v) is 1.34. The smallest absolute Gasteiger partial charge is 0.320 e. The van der Waals surface area contributed by atoms with Crippen molar-refractivity contribution in [3.05, 3.63) is 35.9 Å². The second kappa shape index (κ2) is 8.25. The van der Waals surface area contributed by atoms with Crippen LogP contribution < -0.4 is 5.32 Å². The Labute approximate surface area is 106 Å². The molecule has 2 N–H and O–H groups in total. The van der Waals surface area contributed by atoms with Crippen LogP contribution in [-0.4, -0.2) is 30.1 Å². The standard InChI is InChI=1S/C13H17NO4/c15-12(16)7-4-8-14-9-13(17)18-10-11-5-2-1-3-6-11/h1-3,5-6,14H,4,7-10H2,(H,15,16). The van der Waals surface area contributed by atoms with Gasteiger partial charge in [-0.3, -0.25) is 9.59 Å². The topological polar surface area (TPSA) is 75.6 Å². The molecule has 0 saturated heterocycles. The van der Waals surface area contributed by atoms with Crippen molar-refractivity contribution >= 4 is 11.9 Å². The number of rotatable bonds is 8. The van der Waals surface area contributed by atoms with Gasteiger partial charge in [-0.25, -0.2) is 0 Å². The van der Waals surface area contributed by atoms with Crippen molar-refractivity contribution in [2.24, 2.45) is 0 Å². The van der Waals surface area contributed by atoms with Crippen molar-refractivity contribution in [1.82, 2.24) is 5.32 Å². The second-order valence-electron chi connectivity index (χ2n) is 3.82. The zero-order chi connectivity index (χ0) is 13.2. The molecule has 5 heteroatoms. The number of hydrogen-bond donors (Lipinski definition) is 2. The second-order valence-corrected chi connectivity index (χ2v) is 3.82. The lowest BCUT2D eigenvalue weighted by Crippen LogP contribution is -2.25. The lowest BCUT2D eigenvalue weighted by molar-refractivity contribution is -0.143. The summed E-state index contributed by atoms with van der Waals surface area (Å²) in [4.78, 5) is 21.5. The lowest BCUT2D eigenvalue weighted by Gasteiger charge is -2.05. The molecule has 18 heavy (non-hydrogen) atoms. The number of aliphatic carboxylic acids is 1. The molecule has 0 aromatic heterocycles. The van der Waals surface area contributed by atoms with Crippen molar-refractivity contribution in [2.75, 3.05) is 13.1 Å². The Balaban J connectivity index is 2.06. The molecule has 5 nitrogen and oxygen atoms in total. The summed E-state index contributed by atoms with van der Waals surface area (Å²) in [6.45, 7) is 0.857. The van der Waals surface area contributed by atoms with E-state index in [1.54, 1.807) is 0 Å². The summed E-state index contributed by atoms with van der Waals surface area (Å²) in [6, 6.07) is 9.43. The molecule has 1 rings (SSSR count). The first-order valence-electron chi connectivity index (χ1n) is 5.80. The number of ether oxygens (including phenoxy) is 1. The molecule has 0 amide bonds. The van der Waals surface area contributed by atoms with Crippen LogP contribution in [0.1, 0.15) is 18.4 Å². The summed E-state index contributed by atoms with van der Waals surface area (Å²) in [6.07, 6.45) is 0.605. The molecular weight excluding hydrogens is 234 g/mol. The van der Waals surface area contributed by atoms with E-state index >= 15 is 0 Å². The van der Waals surface area contributed by atoms with E-state index < -0.39 is 5.97 Å². The summed E-state index contributed by atoms with van der Waals surface area (Å²) in [5.41, 5.74) is 0.941. The molecule has 0 spiro atoms. The largest absolute Gasteiger partial charge is 0.481 e. The average Bonchev–Trinajstić information content (AvgIpc) is 2.37. The predicted octanol–water partition coefficient (Wildman–Crippen LogP) is 1.18. The number of carbonyl (C=O) groups excluding carboxylic acids is 1. The molecule has 0 aliphatic heterocycles. The lowest BCUT2D eigenvalue weighted by atomic mass is 10.2. The van der Waals surface area contributed by atoms with Crippen LogP contribution in [0.25, 0.3) is 0 Å². The zero-order valence-electron chi connectivity index (χ0n) is 10.1. The first-order chi connectivity index (χ1) is 8.68. The van der Waals surface area contributed by atoms with Gasteiger partial charge in [0.25, 0.3) is 0 Å². The Hall–Kier alpha value is -1.88. The summed E-state index contributed by atoms with van der Waals surface area (Å²) >= 11 is 0. The van der Waals surface area contributed by atoms with Gasteiger partial charge in [-0.15, -0.1) is 0 Å². The van der Waals surface area contributed by atoms with Crippen molar-refractivity contribution in [3.8, 4) is 0 Å². The minimum atomic E-state index is -0.830. The highest BCUT2D eigenvalue weighted by molar-refractivity contribution is 5.71. The van der Waals surface area contributed by atoms with Crippen molar-refractivity contribution < 1.29 is 19.4 Å². The molecule has 0 atom stereocenters. The van der Waals surface area contributed by atoms with E-state index in [2.05, 4.69) is 5.32 Å². The fraction of sp³-hybridized carbons (Fsp3) is 0.385. The van der Waals surface area contributed by atoms with E-state index in [9.17, 15) is 9.59 Å². The third-order valence-electron chi connectivity index (χ3n) is 2.26. The number of nitrogens with one attached hydrogen (secondary N) is 1. The van der Waals surface area contributed by atoms with E-state index in [1.807, 2.05) is 30.3 Å². The predicted molar refractivity (Wildman–Crippen MR) is 66.0 cm³/mol. The highest BCUT2D eigenvalue weighted by Gasteiger charge is 2.03. The Morgan fingerprint density at radius 3 is 2.61 bits per heavy atom. The summed E-state index contributed by atoms with van der Waals surface area (Å²) in [7, 11) is 0. The van der Waals surface area contributed by atoms with Gasteiger partial charge in [0.15, 0.2) is 0 Å². The fourth-order valence-electron chi connectivity index (χ4n) is 1.34. The van der Waals surface area contributed by atoms with Gasteiger partial charge in [-0.2, -0.15) is 0 Å². The molecule has 0 heterocycles. The molecule has 98 valence electrons. The number of carboxylic acid groups (broad SMARTS) is 1. The highest BCUT2D eigenvalue weighted by atomic mass is 16.5. The van der Waals surface area contributed by atoms with Crippen LogP contribution in [0.3, 0.4) is 0 Å². The van der Waals surface area contributed by atoms with Gasteiger partial charge in [0, 0.05) is 6.42 Å². The Morgan fingerprint density at radius 2 is 1.94 bits per heavy atom. The van der Waals surface area contributed by atoms with Crippen LogP contribution in [0.4, 0.5) is 0 Å². The van der Waals surface area contributed by atoms with Crippen LogP contribution in [-0.2, 0) is 20.9 Å². The number of carbonyl (C=O) groups is 2. The van der Waals surface area contributed by atoms with Gasteiger partial charge in [0.1, 0.15) is 6.61 Å². The third-order valence-corrected chi connectivity index (χ3v) is 2.26. The molecule has 0 bridgehead atoms. The van der Waals surface area contributed by atoms with Crippen molar-refractivity contribution in [3.63, 3.8) is 0 Å². The minimum Gasteiger partial charge on any atom is -0.481 e. The highest BCUT2D eigenvalue weighted by Crippen LogP contribution is 2.00. The number of benzene rings is 1. The van der Waals surface area contributed by atoms with Crippen LogP contribution in [0.5, 0.6) is 0 Å². The molecule has 1 aromatic carbocycles. The number of esters is 1. The van der Waals surface area contributed by atoms with Crippen molar-refractivity contribution in [2.45, 2.75) is 19.4 Å². The normalized spacial score (nSPS) is 10.0. The average molecular weight is 251 g/mol. The maximum Gasteiger partial charge on any atom is 0.320 e.